The lowest BCUT2D eigenvalue weighted by atomic mass is 9.81. The van der Waals surface area contributed by atoms with Crippen molar-refractivity contribution in [3.63, 3.8) is 0 Å². The molecule has 0 N–H and O–H groups in total. The second-order valence-electron chi connectivity index (χ2n) is 9.53. The SMILES string of the molecule is C=C/C=C\c1c(C)ccc2c1-c1ccc(-n3c(/C=C\C)c(C)c4ccccc43)cc1C2(C)C. The molecule has 0 amide bonds. The minimum Gasteiger partial charge on any atom is -0.310 e. The van der Waals surface area contributed by atoms with E-state index in [9.17, 15) is 0 Å². The van der Waals surface area contributed by atoms with Crippen molar-refractivity contribution in [3.05, 3.63) is 113 Å². The smallest absolute Gasteiger partial charge is 0.0537 e. The Bertz CT molecular complexity index is 1470. The Morgan fingerprint density at radius 1 is 0.909 bits per heavy atom. The van der Waals surface area contributed by atoms with Gasteiger partial charge in [0, 0.05) is 22.2 Å². The largest absolute Gasteiger partial charge is 0.310 e. The highest BCUT2D eigenvalue weighted by atomic mass is 15.0. The molecular weight excluding hydrogens is 398 g/mol. The number of fused-ring (bicyclic) bond motifs is 4. The first-order chi connectivity index (χ1) is 15.9. The average molecular weight is 430 g/mol. The van der Waals surface area contributed by atoms with E-state index in [1.165, 1.54) is 61.2 Å². The molecule has 5 rings (SSSR count). The topological polar surface area (TPSA) is 4.93 Å². The first-order valence-electron chi connectivity index (χ1n) is 11.7. The lowest BCUT2D eigenvalue weighted by molar-refractivity contribution is 0.659. The quantitative estimate of drug-likeness (QED) is 0.286. The van der Waals surface area contributed by atoms with Gasteiger partial charge in [-0.3, -0.25) is 0 Å². The van der Waals surface area contributed by atoms with Crippen molar-refractivity contribution in [3.8, 4) is 16.8 Å². The number of rotatable bonds is 4. The third-order valence-electron chi connectivity index (χ3n) is 7.24. The van der Waals surface area contributed by atoms with Crippen LogP contribution in [0.25, 0.3) is 39.9 Å². The first kappa shape index (κ1) is 21.3. The summed E-state index contributed by atoms with van der Waals surface area (Å²) in [4.78, 5) is 0. The second kappa shape index (κ2) is 7.78. The summed E-state index contributed by atoms with van der Waals surface area (Å²) in [5, 5.41) is 1.31. The summed E-state index contributed by atoms with van der Waals surface area (Å²) >= 11 is 0. The molecule has 0 spiro atoms. The molecule has 1 aliphatic carbocycles. The van der Waals surface area contributed by atoms with Crippen LogP contribution in [-0.2, 0) is 5.41 Å². The molecule has 1 aromatic heterocycles. The number of aromatic nitrogens is 1. The average Bonchev–Trinajstić information content (AvgIpc) is 3.21. The predicted octanol–water partition coefficient (Wildman–Crippen LogP) is 8.79. The van der Waals surface area contributed by atoms with E-state index < -0.39 is 0 Å². The second-order valence-corrected chi connectivity index (χ2v) is 9.53. The number of para-hydroxylation sites is 1. The van der Waals surface area contributed by atoms with Crippen molar-refractivity contribution in [2.75, 3.05) is 0 Å². The van der Waals surface area contributed by atoms with E-state index in [-0.39, 0.29) is 5.41 Å². The molecule has 0 saturated carbocycles. The highest BCUT2D eigenvalue weighted by molar-refractivity contribution is 5.92. The Labute approximate surface area is 197 Å². The van der Waals surface area contributed by atoms with Crippen molar-refractivity contribution >= 4 is 23.1 Å². The summed E-state index contributed by atoms with van der Waals surface area (Å²) < 4.78 is 2.41. The van der Waals surface area contributed by atoms with Crippen molar-refractivity contribution in [1.82, 2.24) is 4.57 Å². The molecule has 0 aliphatic heterocycles. The molecule has 4 aromatic rings. The van der Waals surface area contributed by atoms with Crippen molar-refractivity contribution < 1.29 is 0 Å². The van der Waals surface area contributed by atoms with Gasteiger partial charge in [0.05, 0.1) is 5.52 Å². The molecule has 0 unspecified atom stereocenters. The molecule has 164 valence electrons. The zero-order valence-corrected chi connectivity index (χ0v) is 20.2. The Kier molecular flexibility index (Phi) is 5.01. The van der Waals surface area contributed by atoms with Crippen LogP contribution < -0.4 is 0 Å². The number of hydrogen-bond donors (Lipinski definition) is 0. The fraction of sp³-hybridized carbons (Fsp3) is 0.188. The van der Waals surface area contributed by atoms with Crippen LogP contribution in [-0.4, -0.2) is 4.57 Å². The molecule has 0 radical (unpaired) electrons. The molecule has 0 bridgehead atoms. The Morgan fingerprint density at radius 2 is 1.70 bits per heavy atom. The molecule has 1 heterocycles. The molecule has 0 atom stereocenters. The number of benzene rings is 3. The molecule has 0 saturated heterocycles. The van der Waals surface area contributed by atoms with E-state index in [1.54, 1.807) is 0 Å². The highest BCUT2D eigenvalue weighted by Crippen LogP contribution is 2.51. The van der Waals surface area contributed by atoms with E-state index >= 15 is 0 Å². The summed E-state index contributed by atoms with van der Waals surface area (Å²) in [5.74, 6) is 0. The number of aryl methyl sites for hydroxylation is 2. The third kappa shape index (κ3) is 3.07. The van der Waals surface area contributed by atoms with Gasteiger partial charge in [0.25, 0.3) is 0 Å². The summed E-state index contributed by atoms with van der Waals surface area (Å²) in [7, 11) is 0. The molecule has 1 nitrogen and oxygen atoms in total. The van der Waals surface area contributed by atoms with Gasteiger partial charge in [-0.15, -0.1) is 0 Å². The summed E-state index contributed by atoms with van der Waals surface area (Å²) in [6, 6.07) is 20.3. The maximum atomic E-state index is 3.87. The maximum Gasteiger partial charge on any atom is 0.0537 e. The van der Waals surface area contributed by atoms with Crippen LogP contribution in [0.1, 0.15) is 54.3 Å². The fourth-order valence-electron chi connectivity index (χ4n) is 5.52. The molecule has 1 aliphatic rings. The minimum absolute atomic E-state index is 0.0656. The molecule has 1 heteroatoms. The van der Waals surface area contributed by atoms with Crippen LogP contribution in [0, 0.1) is 13.8 Å². The van der Waals surface area contributed by atoms with Gasteiger partial charge in [0.15, 0.2) is 0 Å². The van der Waals surface area contributed by atoms with Crippen LogP contribution in [0.2, 0.25) is 0 Å². The van der Waals surface area contributed by atoms with E-state index in [4.69, 9.17) is 0 Å². The monoisotopic (exact) mass is 429 g/mol. The van der Waals surface area contributed by atoms with Gasteiger partial charge < -0.3 is 4.57 Å². The van der Waals surface area contributed by atoms with Crippen molar-refractivity contribution in [1.29, 1.82) is 0 Å². The van der Waals surface area contributed by atoms with E-state index in [0.29, 0.717) is 0 Å². The van der Waals surface area contributed by atoms with Gasteiger partial charge in [-0.25, -0.2) is 0 Å². The Hall–Kier alpha value is -3.58. The van der Waals surface area contributed by atoms with Gasteiger partial charge in [-0.05, 0) is 84.0 Å². The van der Waals surface area contributed by atoms with Crippen LogP contribution in [0.5, 0.6) is 0 Å². The third-order valence-corrected chi connectivity index (χ3v) is 7.24. The number of nitrogens with zero attached hydrogens (tertiary/aromatic N) is 1. The summed E-state index contributed by atoms with van der Waals surface area (Å²) in [6.45, 7) is 15.1. The van der Waals surface area contributed by atoms with E-state index in [0.717, 1.165) is 0 Å². The van der Waals surface area contributed by atoms with Gasteiger partial charge >= 0.3 is 0 Å². The standard InChI is InChI=1S/C32H31N/c1-7-9-13-24-21(3)16-19-27-31(24)26-18-17-23(20-28(26)32(27,5)6)33-29(12-8-2)22(4)25-14-10-11-15-30(25)33/h7-20H,1H2,2-6H3/b12-8-,13-9-. The predicted molar refractivity (Wildman–Crippen MR) is 144 cm³/mol. The minimum atomic E-state index is -0.0656. The van der Waals surface area contributed by atoms with Crippen LogP contribution >= 0.6 is 0 Å². The Balaban J connectivity index is 1.80. The van der Waals surface area contributed by atoms with Crippen LogP contribution in [0.4, 0.5) is 0 Å². The normalized spacial score (nSPS) is 14.3. The fourth-order valence-corrected chi connectivity index (χ4v) is 5.52. The zero-order valence-electron chi connectivity index (χ0n) is 20.2. The highest BCUT2D eigenvalue weighted by Gasteiger charge is 2.37. The lowest BCUT2D eigenvalue weighted by Gasteiger charge is -2.23. The van der Waals surface area contributed by atoms with Gasteiger partial charge in [-0.1, -0.05) is 81.1 Å². The molecular formula is C32H31N. The molecule has 0 fully saturated rings. The van der Waals surface area contributed by atoms with Crippen molar-refractivity contribution in [2.24, 2.45) is 0 Å². The molecule has 3 aromatic carbocycles. The van der Waals surface area contributed by atoms with Crippen molar-refractivity contribution in [2.45, 2.75) is 40.0 Å². The maximum absolute atomic E-state index is 3.87. The van der Waals surface area contributed by atoms with Gasteiger partial charge in [-0.2, -0.15) is 0 Å². The summed E-state index contributed by atoms with van der Waals surface area (Å²) in [5.41, 5.74) is 13.0. The van der Waals surface area contributed by atoms with Crippen LogP contribution in [0.3, 0.4) is 0 Å². The zero-order chi connectivity index (χ0) is 23.3. The lowest BCUT2D eigenvalue weighted by Crippen LogP contribution is -2.15. The van der Waals surface area contributed by atoms with E-state index in [1.807, 2.05) is 12.2 Å². The number of hydrogen-bond acceptors (Lipinski definition) is 0. The summed E-state index contributed by atoms with van der Waals surface area (Å²) in [6.07, 6.45) is 10.5. The number of allylic oxidation sites excluding steroid dienone is 3. The van der Waals surface area contributed by atoms with Gasteiger partial charge in [0.1, 0.15) is 0 Å². The van der Waals surface area contributed by atoms with Gasteiger partial charge in [0.2, 0.25) is 0 Å². The Morgan fingerprint density at radius 3 is 2.45 bits per heavy atom. The van der Waals surface area contributed by atoms with Crippen LogP contribution in [0.15, 0.2) is 79.4 Å². The molecule has 33 heavy (non-hydrogen) atoms. The van der Waals surface area contributed by atoms with E-state index in [2.05, 4.69) is 119 Å². The first-order valence-corrected chi connectivity index (χ1v) is 11.7.